The van der Waals surface area contributed by atoms with Crippen molar-refractivity contribution >= 4 is 11.8 Å². The molecule has 1 aromatic carbocycles. The Balaban J connectivity index is 1.26. The van der Waals surface area contributed by atoms with Gasteiger partial charge in [-0.15, -0.1) is 10.2 Å². The van der Waals surface area contributed by atoms with Crippen molar-refractivity contribution in [3.63, 3.8) is 0 Å². The van der Waals surface area contributed by atoms with Crippen LogP contribution in [0.5, 0.6) is 5.88 Å². The quantitative estimate of drug-likeness (QED) is 0.502. The van der Waals surface area contributed by atoms with Gasteiger partial charge in [0.1, 0.15) is 11.7 Å². The molecule has 206 valence electrons. The largest absolute Gasteiger partial charge is 0.476 e. The Hall–Kier alpha value is -3.07. The molecule has 0 saturated carbocycles. The van der Waals surface area contributed by atoms with Crippen molar-refractivity contribution in [2.75, 3.05) is 39.8 Å². The number of halogens is 1. The van der Waals surface area contributed by atoms with E-state index in [0.29, 0.717) is 62.0 Å². The van der Waals surface area contributed by atoms with Crippen LogP contribution in [0.2, 0.25) is 0 Å². The van der Waals surface area contributed by atoms with Crippen LogP contribution in [-0.4, -0.2) is 83.4 Å². The molecule has 2 aliphatic heterocycles. The van der Waals surface area contributed by atoms with E-state index in [1.165, 1.54) is 0 Å². The van der Waals surface area contributed by atoms with E-state index in [0.717, 1.165) is 37.9 Å². The third kappa shape index (κ3) is 6.67. The molecule has 1 aromatic heterocycles. The van der Waals surface area contributed by atoms with E-state index in [4.69, 9.17) is 4.74 Å². The van der Waals surface area contributed by atoms with Crippen LogP contribution in [0, 0.1) is 5.92 Å². The number of hydrogen-bond acceptors (Lipinski definition) is 6. The monoisotopic (exact) mass is 525 g/mol. The summed E-state index contributed by atoms with van der Waals surface area (Å²) < 4.78 is 20.6. The molecule has 1 N–H and O–H groups in total. The summed E-state index contributed by atoms with van der Waals surface area (Å²) in [6, 6.07) is 10.5. The summed E-state index contributed by atoms with van der Waals surface area (Å²) in [7, 11) is 1.59. The Morgan fingerprint density at radius 1 is 1.03 bits per heavy atom. The molecule has 0 bridgehead atoms. The molecule has 0 spiro atoms. The molecule has 2 aliphatic rings. The first-order valence-corrected chi connectivity index (χ1v) is 13.9. The Bertz CT molecular complexity index is 1070. The maximum absolute atomic E-state index is 14.7. The zero-order valence-electron chi connectivity index (χ0n) is 22.8. The number of carbonyl (C=O) groups excluding carboxylic acids is 2. The van der Waals surface area contributed by atoms with Crippen molar-refractivity contribution in [3.8, 4) is 17.1 Å². The first-order chi connectivity index (χ1) is 18.4. The second kappa shape index (κ2) is 12.7. The van der Waals surface area contributed by atoms with Gasteiger partial charge in [0.2, 0.25) is 11.8 Å². The van der Waals surface area contributed by atoms with Crippen molar-refractivity contribution in [2.24, 2.45) is 5.92 Å². The predicted octanol–water partition coefficient (Wildman–Crippen LogP) is 4.11. The van der Waals surface area contributed by atoms with Crippen molar-refractivity contribution in [1.29, 1.82) is 0 Å². The molecule has 0 aliphatic carbocycles. The lowest BCUT2D eigenvalue weighted by atomic mass is 9.94. The standard InChI is InChI=1S/C29H40FN5O3/c1-4-29(30,5-2)20-34-17-14-21(15-18-34)19-38-26-13-12-24(32-33-26)22-8-10-23(11-9-22)28(37)35-16-6-7-25(35)27(36)31-3/h8-13,21,25H,4-7,14-20H2,1-3H3,(H,31,36). The molecule has 3 heterocycles. The fourth-order valence-electron chi connectivity index (χ4n) is 5.34. The fraction of sp³-hybridized carbons (Fsp3) is 0.586. The van der Waals surface area contributed by atoms with Gasteiger partial charge in [0.25, 0.3) is 5.91 Å². The number of nitrogens with one attached hydrogen (secondary N) is 1. The van der Waals surface area contributed by atoms with Gasteiger partial charge in [0.15, 0.2) is 0 Å². The molecule has 4 rings (SSSR count). The number of aromatic nitrogens is 2. The fourth-order valence-corrected chi connectivity index (χ4v) is 5.34. The van der Waals surface area contributed by atoms with Gasteiger partial charge in [-0.05, 0) is 75.7 Å². The molecule has 0 radical (unpaired) electrons. The molecular weight excluding hydrogens is 485 g/mol. The van der Waals surface area contributed by atoms with Crippen molar-refractivity contribution < 1.29 is 18.7 Å². The second-order valence-electron chi connectivity index (χ2n) is 10.5. The van der Waals surface area contributed by atoms with Gasteiger partial charge in [0, 0.05) is 37.3 Å². The first kappa shape index (κ1) is 28.0. The first-order valence-electron chi connectivity index (χ1n) is 13.9. The molecule has 1 unspecified atom stereocenters. The number of ether oxygens (including phenoxy) is 1. The van der Waals surface area contributed by atoms with Gasteiger partial charge >= 0.3 is 0 Å². The van der Waals surface area contributed by atoms with Crippen LogP contribution in [0.4, 0.5) is 4.39 Å². The number of nitrogens with zero attached hydrogens (tertiary/aromatic N) is 4. The zero-order valence-corrected chi connectivity index (χ0v) is 22.8. The number of alkyl halides is 1. The van der Waals surface area contributed by atoms with E-state index in [1.807, 2.05) is 38.1 Å². The number of likely N-dealkylation sites (N-methyl/N-ethyl adjacent to an activating group) is 1. The van der Waals surface area contributed by atoms with Crippen molar-refractivity contribution in [2.45, 2.75) is 64.1 Å². The highest BCUT2D eigenvalue weighted by molar-refractivity contribution is 5.98. The molecule has 1 atom stereocenters. The Kier molecular flexibility index (Phi) is 9.31. The van der Waals surface area contributed by atoms with E-state index in [9.17, 15) is 14.0 Å². The predicted molar refractivity (Wildman–Crippen MR) is 145 cm³/mol. The van der Waals surface area contributed by atoms with E-state index >= 15 is 0 Å². The van der Waals surface area contributed by atoms with Gasteiger partial charge in [-0.3, -0.25) is 9.59 Å². The Labute approximate surface area is 224 Å². The van der Waals surface area contributed by atoms with Gasteiger partial charge in [-0.1, -0.05) is 26.0 Å². The van der Waals surface area contributed by atoms with Gasteiger partial charge < -0.3 is 19.9 Å². The topological polar surface area (TPSA) is 87.7 Å². The third-order valence-electron chi connectivity index (χ3n) is 8.08. The van der Waals surface area contributed by atoms with E-state index in [1.54, 1.807) is 24.1 Å². The molecular formula is C29H40FN5O3. The number of rotatable bonds is 10. The average molecular weight is 526 g/mol. The summed E-state index contributed by atoms with van der Waals surface area (Å²) >= 11 is 0. The summed E-state index contributed by atoms with van der Waals surface area (Å²) in [5.41, 5.74) is 1.00. The molecule has 2 saturated heterocycles. The molecule has 9 heteroatoms. The summed E-state index contributed by atoms with van der Waals surface area (Å²) in [6.07, 6.45) is 4.60. The van der Waals surface area contributed by atoms with Crippen LogP contribution in [0.1, 0.15) is 62.7 Å². The minimum absolute atomic E-state index is 0.123. The number of hydrogen-bond donors (Lipinski definition) is 1. The molecule has 2 aromatic rings. The maximum atomic E-state index is 14.7. The van der Waals surface area contributed by atoms with E-state index < -0.39 is 11.7 Å². The minimum atomic E-state index is -1.08. The summed E-state index contributed by atoms with van der Waals surface area (Å²) in [4.78, 5) is 28.9. The van der Waals surface area contributed by atoms with Crippen LogP contribution in [0.25, 0.3) is 11.3 Å². The molecule has 2 fully saturated rings. The summed E-state index contributed by atoms with van der Waals surface area (Å²) in [5, 5.41) is 11.2. The normalized spacial score (nSPS) is 18.9. The Morgan fingerprint density at radius 2 is 1.74 bits per heavy atom. The third-order valence-corrected chi connectivity index (χ3v) is 8.08. The SMILES string of the molecule is CCC(F)(CC)CN1CCC(COc2ccc(-c3ccc(C(=O)N4CCCC4C(=O)NC)cc3)nn2)CC1. The minimum Gasteiger partial charge on any atom is -0.476 e. The van der Waals surface area contributed by atoms with Crippen LogP contribution < -0.4 is 10.1 Å². The van der Waals surface area contributed by atoms with Crippen LogP contribution in [0.3, 0.4) is 0 Å². The van der Waals surface area contributed by atoms with Crippen LogP contribution >= 0.6 is 0 Å². The average Bonchev–Trinajstić information content (AvgIpc) is 3.46. The number of likely N-dealkylation sites (tertiary alicyclic amines) is 2. The highest BCUT2D eigenvalue weighted by Crippen LogP contribution is 2.26. The van der Waals surface area contributed by atoms with Gasteiger partial charge in [-0.25, -0.2) is 4.39 Å². The highest BCUT2D eigenvalue weighted by Gasteiger charge is 2.34. The highest BCUT2D eigenvalue weighted by atomic mass is 19.1. The zero-order chi connectivity index (χ0) is 27.1. The Morgan fingerprint density at radius 3 is 2.34 bits per heavy atom. The maximum Gasteiger partial charge on any atom is 0.254 e. The smallest absolute Gasteiger partial charge is 0.254 e. The van der Waals surface area contributed by atoms with Crippen molar-refractivity contribution in [1.82, 2.24) is 25.3 Å². The summed E-state index contributed by atoms with van der Waals surface area (Å²) in [6.45, 7) is 7.32. The van der Waals surface area contributed by atoms with Crippen molar-refractivity contribution in [3.05, 3.63) is 42.0 Å². The number of amides is 2. The van der Waals surface area contributed by atoms with E-state index in [2.05, 4.69) is 20.4 Å². The number of carbonyl (C=O) groups is 2. The molecule has 2 amide bonds. The number of benzene rings is 1. The lowest BCUT2D eigenvalue weighted by Gasteiger charge is -2.36. The van der Waals surface area contributed by atoms with Crippen LogP contribution in [-0.2, 0) is 4.79 Å². The van der Waals surface area contributed by atoms with Crippen LogP contribution in [0.15, 0.2) is 36.4 Å². The van der Waals surface area contributed by atoms with Gasteiger partial charge in [-0.2, -0.15) is 0 Å². The van der Waals surface area contributed by atoms with E-state index in [-0.39, 0.29) is 11.8 Å². The summed E-state index contributed by atoms with van der Waals surface area (Å²) in [5.74, 6) is 0.649. The lowest BCUT2D eigenvalue weighted by Crippen LogP contribution is -2.44. The molecule has 8 nitrogen and oxygen atoms in total. The van der Waals surface area contributed by atoms with Gasteiger partial charge in [0.05, 0.1) is 12.3 Å². The molecule has 38 heavy (non-hydrogen) atoms. The second-order valence-corrected chi connectivity index (χ2v) is 10.5. The number of piperidine rings is 1. The lowest BCUT2D eigenvalue weighted by molar-refractivity contribution is -0.124.